The molecule has 0 spiro atoms. The number of carbonyl (C=O) groups excluding carboxylic acids is 1. The van der Waals surface area contributed by atoms with Crippen molar-refractivity contribution in [1.29, 1.82) is 0 Å². The van der Waals surface area contributed by atoms with E-state index in [0.29, 0.717) is 59.8 Å². The molecule has 3 aliphatic rings. The fourth-order valence-electron chi connectivity index (χ4n) is 6.74. The Kier molecular flexibility index (Phi) is 8.71. The largest absolute Gasteiger partial charge is 0.496 e. The van der Waals surface area contributed by atoms with Gasteiger partial charge in [-0.25, -0.2) is 9.78 Å². The first-order valence-corrected chi connectivity index (χ1v) is 15.6. The molecule has 256 valence electrons. The van der Waals surface area contributed by atoms with E-state index in [9.17, 15) is 41.0 Å². The third kappa shape index (κ3) is 6.48. The highest BCUT2D eigenvalue weighted by molar-refractivity contribution is 5.76. The summed E-state index contributed by atoms with van der Waals surface area (Å²) in [5, 5.41) is 9.52. The first-order valence-electron chi connectivity index (χ1n) is 15.6. The molecule has 8 nitrogen and oxygen atoms in total. The summed E-state index contributed by atoms with van der Waals surface area (Å²) in [7, 11) is 1.50. The lowest BCUT2D eigenvalue weighted by Gasteiger charge is -2.33. The molecule has 2 saturated heterocycles. The van der Waals surface area contributed by atoms with Gasteiger partial charge in [-0.1, -0.05) is 6.07 Å². The molecule has 2 aliphatic heterocycles. The lowest BCUT2D eigenvalue weighted by molar-refractivity contribution is -0.143. The fourth-order valence-corrected chi connectivity index (χ4v) is 6.74. The number of methoxy groups -OCH3 is 1. The number of alkyl halides is 6. The van der Waals surface area contributed by atoms with E-state index >= 15 is 0 Å². The molecule has 1 N–H and O–H groups in total. The van der Waals surface area contributed by atoms with E-state index in [-0.39, 0.29) is 18.5 Å². The second-order valence-electron chi connectivity index (χ2n) is 12.5. The molecule has 3 aromatic rings. The lowest BCUT2D eigenvalue weighted by atomic mass is 9.91. The second-order valence-corrected chi connectivity index (χ2v) is 12.5. The van der Waals surface area contributed by atoms with Gasteiger partial charge in [0.2, 0.25) is 0 Å². The van der Waals surface area contributed by atoms with Crippen molar-refractivity contribution in [3.05, 3.63) is 76.5 Å². The zero-order chi connectivity index (χ0) is 34.5. The van der Waals surface area contributed by atoms with E-state index in [2.05, 4.69) is 0 Å². The standard InChI is InChI=1S/C34H33F6N3O5/c1-18-30(22-13-23(33(35,36)37)16-24(14-22)34(38,39)40)48-32(46)43(18)17-27-25(7-9-29(41-27)42-10-3-11-42)26-15-20(6-8-28(26)47-2)19-4-5-21(12-19)31(44)45/h6-9,13-16,18-19,21,30H,3-5,10-12,17H2,1-2H3,(H,44,45)/t18-,19+,21-,30-/m0/s1. The van der Waals surface area contributed by atoms with Gasteiger partial charge >= 0.3 is 24.4 Å². The predicted octanol–water partition coefficient (Wildman–Crippen LogP) is 8.06. The number of halogens is 6. The zero-order valence-electron chi connectivity index (χ0n) is 26.1. The van der Waals surface area contributed by atoms with Crippen molar-refractivity contribution in [2.24, 2.45) is 5.92 Å². The summed E-state index contributed by atoms with van der Waals surface area (Å²) in [6.07, 6.45) is -9.71. The first kappa shape index (κ1) is 33.4. The minimum Gasteiger partial charge on any atom is -0.496 e. The van der Waals surface area contributed by atoms with E-state index in [1.54, 1.807) is 6.07 Å². The molecule has 0 bridgehead atoms. The number of rotatable bonds is 8. The van der Waals surface area contributed by atoms with Gasteiger partial charge < -0.3 is 19.5 Å². The van der Waals surface area contributed by atoms with Crippen LogP contribution in [0, 0.1) is 5.92 Å². The van der Waals surface area contributed by atoms with Crippen molar-refractivity contribution >= 4 is 17.9 Å². The average Bonchev–Trinajstić information content (AvgIpc) is 3.61. The predicted molar refractivity (Wildman–Crippen MR) is 161 cm³/mol. The van der Waals surface area contributed by atoms with Crippen molar-refractivity contribution in [3.63, 3.8) is 0 Å². The number of ether oxygens (including phenoxy) is 2. The topological polar surface area (TPSA) is 92.2 Å². The molecule has 2 aromatic carbocycles. The number of carbonyl (C=O) groups is 2. The molecule has 4 atom stereocenters. The number of carboxylic acids is 1. The number of aromatic nitrogens is 1. The zero-order valence-corrected chi connectivity index (χ0v) is 26.1. The van der Waals surface area contributed by atoms with Gasteiger partial charge in [0, 0.05) is 24.2 Å². The SMILES string of the molecule is COc1ccc([C@@H]2CC[C@H](C(=O)O)C2)cc1-c1ccc(N2CCC2)nc1CN1C(=O)O[C@H](c2cc(C(F)(F)F)cc(C(F)(F)F)c2)[C@@H]1C. The van der Waals surface area contributed by atoms with Gasteiger partial charge in [-0.15, -0.1) is 0 Å². The van der Waals surface area contributed by atoms with Crippen molar-refractivity contribution in [1.82, 2.24) is 9.88 Å². The summed E-state index contributed by atoms with van der Waals surface area (Å²) in [5.41, 5.74) is -0.814. The molecular formula is C34H33F6N3O5. The van der Waals surface area contributed by atoms with Crippen molar-refractivity contribution in [2.45, 2.75) is 69.6 Å². The van der Waals surface area contributed by atoms with Crippen LogP contribution < -0.4 is 9.64 Å². The van der Waals surface area contributed by atoms with E-state index < -0.39 is 59.2 Å². The molecule has 1 aliphatic carbocycles. The highest BCUT2D eigenvalue weighted by Gasteiger charge is 2.44. The molecule has 1 aromatic heterocycles. The third-order valence-corrected chi connectivity index (χ3v) is 9.56. The number of aliphatic carboxylic acids is 1. The smallest absolute Gasteiger partial charge is 0.416 e. The van der Waals surface area contributed by atoms with Crippen LogP contribution in [0.15, 0.2) is 48.5 Å². The highest BCUT2D eigenvalue weighted by atomic mass is 19.4. The monoisotopic (exact) mass is 677 g/mol. The van der Waals surface area contributed by atoms with E-state index in [1.807, 2.05) is 29.2 Å². The quantitative estimate of drug-likeness (QED) is 0.241. The van der Waals surface area contributed by atoms with Gasteiger partial charge in [0.15, 0.2) is 0 Å². The molecule has 14 heteroatoms. The number of cyclic esters (lactones) is 1. The minimum absolute atomic E-state index is 0.0101. The van der Waals surface area contributed by atoms with Crippen LogP contribution >= 0.6 is 0 Å². The summed E-state index contributed by atoms with van der Waals surface area (Å²) in [6, 6.07) is 9.54. The van der Waals surface area contributed by atoms with Crippen molar-refractivity contribution < 1.29 is 50.5 Å². The van der Waals surface area contributed by atoms with Gasteiger partial charge in [-0.05, 0) is 92.1 Å². The van der Waals surface area contributed by atoms with Crippen LogP contribution in [-0.2, 0) is 28.4 Å². The Bertz CT molecular complexity index is 1690. The minimum atomic E-state index is -5.06. The van der Waals surface area contributed by atoms with Crippen LogP contribution in [0.1, 0.15) is 72.6 Å². The maximum atomic E-state index is 13.6. The van der Waals surface area contributed by atoms with E-state index in [1.165, 1.54) is 18.9 Å². The normalized spacial score (nSPS) is 22.9. The summed E-state index contributed by atoms with van der Waals surface area (Å²) >= 11 is 0. The Morgan fingerprint density at radius 2 is 1.65 bits per heavy atom. The summed E-state index contributed by atoms with van der Waals surface area (Å²) in [4.78, 5) is 33.0. The van der Waals surface area contributed by atoms with E-state index in [0.717, 1.165) is 25.1 Å². The molecule has 1 saturated carbocycles. The summed E-state index contributed by atoms with van der Waals surface area (Å²) < 4.78 is 92.8. The molecule has 6 rings (SSSR count). The number of pyridine rings is 1. The number of hydrogen-bond acceptors (Lipinski definition) is 6. The van der Waals surface area contributed by atoms with E-state index in [4.69, 9.17) is 14.5 Å². The maximum absolute atomic E-state index is 13.6. The van der Waals surface area contributed by atoms with Crippen LogP contribution in [0.3, 0.4) is 0 Å². The third-order valence-electron chi connectivity index (χ3n) is 9.56. The van der Waals surface area contributed by atoms with Crippen molar-refractivity contribution in [2.75, 3.05) is 25.1 Å². The molecule has 1 amide bonds. The van der Waals surface area contributed by atoms with Crippen LogP contribution in [0.25, 0.3) is 11.1 Å². The number of amides is 1. The van der Waals surface area contributed by atoms with Crippen LogP contribution in [0.4, 0.5) is 37.0 Å². The lowest BCUT2D eigenvalue weighted by Crippen LogP contribution is -2.38. The van der Waals surface area contributed by atoms with Crippen LogP contribution in [-0.4, -0.2) is 53.3 Å². The fraction of sp³-hybridized carbons (Fsp3) is 0.441. The highest BCUT2D eigenvalue weighted by Crippen LogP contribution is 2.44. The molecule has 3 fully saturated rings. The molecule has 0 unspecified atom stereocenters. The van der Waals surface area contributed by atoms with Gasteiger partial charge in [-0.3, -0.25) is 9.69 Å². The van der Waals surface area contributed by atoms with Crippen LogP contribution in [0.5, 0.6) is 5.75 Å². The van der Waals surface area contributed by atoms with Crippen molar-refractivity contribution in [3.8, 4) is 16.9 Å². The summed E-state index contributed by atoms with van der Waals surface area (Å²) in [5.74, 6) is -0.0994. The first-order chi connectivity index (χ1) is 22.6. The van der Waals surface area contributed by atoms with Gasteiger partial charge in [0.25, 0.3) is 0 Å². The number of nitrogens with zero attached hydrogens (tertiary/aromatic N) is 3. The Hall–Kier alpha value is -4.49. The Morgan fingerprint density at radius 3 is 2.21 bits per heavy atom. The second kappa shape index (κ2) is 12.5. The number of anilines is 1. The molecule has 3 heterocycles. The van der Waals surface area contributed by atoms with Crippen LogP contribution in [0.2, 0.25) is 0 Å². The molecule has 0 radical (unpaired) electrons. The van der Waals surface area contributed by atoms with Gasteiger partial charge in [0.05, 0.1) is 42.4 Å². The molecular weight excluding hydrogens is 644 g/mol. The van der Waals surface area contributed by atoms with Gasteiger partial charge in [-0.2, -0.15) is 26.3 Å². The Morgan fingerprint density at radius 1 is 0.958 bits per heavy atom. The Labute approximate surface area is 272 Å². The summed E-state index contributed by atoms with van der Waals surface area (Å²) in [6.45, 7) is 2.90. The number of carboxylic acid groups (broad SMARTS) is 1. The maximum Gasteiger partial charge on any atom is 0.416 e. The van der Waals surface area contributed by atoms with Gasteiger partial charge in [0.1, 0.15) is 17.7 Å². The Balaban J connectivity index is 1.37. The average molecular weight is 678 g/mol. The number of benzene rings is 2. The number of hydrogen-bond donors (Lipinski definition) is 1. The molecule has 48 heavy (non-hydrogen) atoms.